The molecule has 1 amide bonds. The first kappa shape index (κ1) is 14.6. The number of nitrogens with zero attached hydrogens (tertiary/aromatic N) is 2. The van der Waals surface area contributed by atoms with Crippen LogP contribution in [-0.4, -0.2) is 27.5 Å². The summed E-state index contributed by atoms with van der Waals surface area (Å²) in [7, 11) is 0. The number of benzene rings is 1. The van der Waals surface area contributed by atoms with Crippen molar-refractivity contribution in [2.24, 2.45) is 0 Å². The molecule has 0 radical (unpaired) electrons. The highest BCUT2D eigenvalue weighted by molar-refractivity contribution is 5.77. The van der Waals surface area contributed by atoms with Crippen molar-refractivity contribution >= 4 is 17.4 Å². The first-order valence-corrected chi connectivity index (χ1v) is 7.85. The standard InChI is InChI=1S/C17H22N4O/c1-3-5-16(22)21-9-8-15-14(11-21)17(20-19-15)18-13-7-4-6-12(2)10-13/h4,6-7,10H,3,5,8-9,11H2,1-2H3,(H2,18,19,20). The molecule has 0 atom stereocenters. The van der Waals surface area contributed by atoms with E-state index in [2.05, 4.69) is 34.6 Å². The molecule has 22 heavy (non-hydrogen) atoms. The van der Waals surface area contributed by atoms with Gasteiger partial charge < -0.3 is 10.2 Å². The van der Waals surface area contributed by atoms with Crippen LogP contribution in [0.1, 0.15) is 36.6 Å². The fourth-order valence-corrected chi connectivity index (χ4v) is 2.84. The van der Waals surface area contributed by atoms with Crippen molar-refractivity contribution in [3.05, 3.63) is 41.1 Å². The third-order valence-electron chi connectivity index (χ3n) is 4.03. The highest BCUT2D eigenvalue weighted by Gasteiger charge is 2.24. The van der Waals surface area contributed by atoms with Gasteiger partial charge in [0.05, 0.1) is 6.54 Å². The number of aromatic amines is 1. The molecular weight excluding hydrogens is 276 g/mol. The van der Waals surface area contributed by atoms with Crippen LogP contribution in [0.15, 0.2) is 24.3 Å². The molecule has 1 aliphatic heterocycles. The van der Waals surface area contributed by atoms with Gasteiger partial charge in [-0.05, 0) is 31.0 Å². The van der Waals surface area contributed by atoms with Gasteiger partial charge in [0.25, 0.3) is 0 Å². The topological polar surface area (TPSA) is 61.0 Å². The van der Waals surface area contributed by atoms with E-state index in [0.717, 1.165) is 42.1 Å². The smallest absolute Gasteiger partial charge is 0.222 e. The Morgan fingerprint density at radius 3 is 3.09 bits per heavy atom. The van der Waals surface area contributed by atoms with Gasteiger partial charge in [-0.3, -0.25) is 9.89 Å². The first-order chi connectivity index (χ1) is 10.7. The van der Waals surface area contributed by atoms with E-state index in [4.69, 9.17) is 0 Å². The number of H-pyrrole nitrogens is 1. The van der Waals surface area contributed by atoms with Gasteiger partial charge in [0, 0.05) is 36.3 Å². The summed E-state index contributed by atoms with van der Waals surface area (Å²) in [6, 6.07) is 8.20. The van der Waals surface area contributed by atoms with Crippen molar-refractivity contribution in [1.82, 2.24) is 15.1 Å². The molecule has 0 saturated carbocycles. The first-order valence-electron chi connectivity index (χ1n) is 7.85. The van der Waals surface area contributed by atoms with Crippen LogP contribution in [0.4, 0.5) is 11.5 Å². The van der Waals surface area contributed by atoms with Gasteiger partial charge in [-0.15, -0.1) is 0 Å². The number of anilines is 2. The molecule has 5 nitrogen and oxygen atoms in total. The molecule has 0 unspecified atom stereocenters. The van der Waals surface area contributed by atoms with Gasteiger partial charge in [-0.25, -0.2) is 0 Å². The average molecular weight is 298 g/mol. The SMILES string of the molecule is CCCC(=O)N1CCc2[nH]nc(Nc3cccc(C)c3)c2C1. The molecule has 0 bridgehead atoms. The minimum Gasteiger partial charge on any atom is -0.338 e. The van der Waals surface area contributed by atoms with Gasteiger partial charge in [0.15, 0.2) is 5.82 Å². The summed E-state index contributed by atoms with van der Waals surface area (Å²) in [4.78, 5) is 14.1. The summed E-state index contributed by atoms with van der Waals surface area (Å²) in [5.74, 6) is 1.06. The van der Waals surface area contributed by atoms with E-state index < -0.39 is 0 Å². The average Bonchev–Trinajstić information content (AvgIpc) is 2.90. The molecule has 1 aromatic carbocycles. The Balaban J connectivity index is 1.79. The van der Waals surface area contributed by atoms with Crippen LogP contribution in [0, 0.1) is 6.92 Å². The minimum absolute atomic E-state index is 0.232. The lowest BCUT2D eigenvalue weighted by atomic mass is 10.1. The molecule has 2 aromatic rings. The van der Waals surface area contributed by atoms with E-state index >= 15 is 0 Å². The second kappa shape index (κ2) is 6.22. The Morgan fingerprint density at radius 2 is 2.32 bits per heavy atom. The lowest BCUT2D eigenvalue weighted by Crippen LogP contribution is -2.35. The van der Waals surface area contributed by atoms with Crippen molar-refractivity contribution in [3.8, 4) is 0 Å². The van der Waals surface area contributed by atoms with Crippen LogP contribution in [0.2, 0.25) is 0 Å². The van der Waals surface area contributed by atoms with Gasteiger partial charge in [-0.2, -0.15) is 5.10 Å². The Kier molecular flexibility index (Phi) is 4.13. The monoisotopic (exact) mass is 298 g/mol. The summed E-state index contributed by atoms with van der Waals surface area (Å²) in [6.07, 6.45) is 2.35. The summed E-state index contributed by atoms with van der Waals surface area (Å²) in [5, 5.41) is 10.9. The molecule has 2 N–H and O–H groups in total. The second-order valence-electron chi connectivity index (χ2n) is 5.84. The second-order valence-corrected chi connectivity index (χ2v) is 5.84. The highest BCUT2D eigenvalue weighted by Crippen LogP contribution is 2.27. The summed E-state index contributed by atoms with van der Waals surface area (Å²) < 4.78 is 0. The number of carbonyl (C=O) groups excluding carboxylic acids is 1. The van der Waals surface area contributed by atoms with Crippen LogP contribution in [-0.2, 0) is 17.8 Å². The third kappa shape index (κ3) is 2.98. The summed E-state index contributed by atoms with van der Waals surface area (Å²) in [5.41, 5.74) is 4.47. The normalized spacial score (nSPS) is 13.8. The largest absolute Gasteiger partial charge is 0.338 e. The maximum Gasteiger partial charge on any atom is 0.222 e. The van der Waals surface area contributed by atoms with Crippen LogP contribution < -0.4 is 5.32 Å². The van der Waals surface area contributed by atoms with Crippen LogP contribution in [0.5, 0.6) is 0 Å². The van der Waals surface area contributed by atoms with Crippen molar-refractivity contribution in [2.75, 3.05) is 11.9 Å². The van der Waals surface area contributed by atoms with Crippen LogP contribution in [0.3, 0.4) is 0 Å². The lowest BCUT2D eigenvalue weighted by molar-refractivity contribution is -0.132. The number of fused-ring (bicyclic) bond motifs is 1. The number of rotatable bonds is 4. The molecular formula is C17H22N4O. The number of nitrogens with one attached hydrogen (secondary N) is 2. The summed E-state index contributed by atoms with van der Waals surface area (Å²) in [6.45, 7) is 5.52. The molecule has 0 fully saturated rings. The zero-order valence-corrected chi connectivity index (χ0v) is 13.1. The fourth-order valence-electron chi connectivity index (χ4n) is 2.84. The molecule has 0 saturated heterocycles. The molecule has 0 spiro atoms. The Morgan fingerprint density at radius 1 is 1.45 bits per heavy atom. The predicted molar refractivity (Wildman–Crippen MR) is 87.1 cm³/mol. The number of aryl methyl sites for hydroxylation is 1. The zero-order valence-electron chi connectivity index (χ0n) is 13.1. The molecule has 2 heterocycles. The Bertz CT molecular complexity index is 677. The number of carbonyl (C=O) groups is 1. The maximum atomic E-state index is 12.1. The van der Waals surface area contributed by atoms with Crippen molar-refractivity contribution in [2.45, 2.75) is 39.7 Å². The van der Waals surface area contributed by atoms with E-state index in [0.29, 0.717) is 13.0 Å². The van der Waals surface area contributed by atoms with Crippen molar-refractivity contribution in [1.29, 1.82) is 0 Å². The number of amides is 1. The lowest BCUT2D eigenvalue weighted by Gasteiger charge is -2.27. The Hall–Kier alpha value is -2.30. The molecule has 116 valence electrons. The van der Waals surface area contributed by atoms with Crippen LogP contribution in [0.25, 0.3) is 0 Å². The predicted octanol–water partition coefficient (Wildman–Crippen LogP) is 3.15. The van der Waals surface area contributed by atoms with Crippen molar-refractivity contribution < 1.29 is 4.79 Å². The van der Waals surface area contributed by atoms with Gasteiger partial charge in [-0.1, -0.05) is 19.1 Å². The number of aromatic nitrogens is 2. The molecule has 3 rings (SSSR count). The Labute approximate surface area is 130 Å². The maximum absolute atomic E-state index is 12.1. The van der Waals surface area contributed by atoms with Gasteiger partial charge in [0.1, 0.15) is 0 Å². The fraction of sp³-hybridized carbons (Fsp3) is 0.412. The van der Waals surface area contributed by atoms with E-state index in [1.165, 1.54) is 5.56 Å². The van der Waals surface area contributed by atoms with E-state index in [9.17, 15) is 4.79 Å². The van der Waals surface area contributed by atoms with Gasteiger partial charge in [0.2, 0.25) is 5.91 Å². The number of hydrogen-bond donors (Lipinski definition) is 2. The molecule has 1 aliphatic rings. The van der Waals surface area contributed by atoms with E-state index in [1.54, 1.807) is 0 Å². The minimum atomic E-state index is 0.232. The van der Waals surface area contributed by atoms with Crippen molar-refractivity contribution in [3.63, 3.8) is 0 Å². The quantitative estimate of drug-likeness (QED) is 0.911. The van der Waals surface area contributed by atoms with Gasteiger partial charge >= 0.3 is 0 Å². The third-order valence-corrected chi connectivity index (χ3v) is 4.03. The molecule has 5 heteroatoms. The van der Waals surface area contributed by atoms with E-state index in [1.807, 2.05) is 24.0 Å². The molecule has 1 aromatic heterocycles. The zero-order chi connectivity index (χ0) is 15.5. The summed E-state index contributed by atoms with van der Waals surface area (Å²) >= 11 is 0. The van der Waals surface area contributed by atoms with E-state index in [-0.39, 0.29) is 5.91 Å². The molecule has 0 aliphatic carbocycles. The number of hydrogen-bond acceptors (Lipinski definition) is 3. The van der Waals surface area contributed by atoms with Crippen LogP contribution >= 0.6 is 0 Å². The highest BCUT2D eigenvalue weighted by atomic mass is 16.2.